The molecule has 72 valence electrons. The van der Waals surface area contributed by atoms with Gasteiger partial charge in [-0.15, -0.1) is 11.3 Å². The van der Waals surface area contributed by atoms with Crippen molar-refractivity contribution in [1.29, 1.82) is 0 Å². The molecule has 0 spiro atoms. The topological polar surface area (TPSA) is 38.0 Å². The maximum atomic E-state index is 5.43. The number of nitrogens with two attached hydrogens (primary N) is 1. The van der Waals surface area contributed by atoms with Crippen LogP contribution >= 0.6 is 43.2 Å². The Kier molecular flexibility index (Phi) is 4.12. The smallest absolute Gasteiger partial charge is 0.0843 e. The third-order valence-corrected chi connectivity index (χ3v) is 4.93. The van der Waals surface area contributed by atoms with Crippen molar-refractivity contribution in [3.63, 3.8) is 0 Å². The summed E-state index contributed by atoms with van der Waals surface area (Å²) >= 11 is 8.51. The van der Waals surface area contributed by atoms with Crippen LogP contribution in [-0.2, 0) is 0 Å². The van der Waals surface area contributed by atoms with Crippen molar-refractivity contribution < 1.29 is 0 Å². The van der Waals surface area contributed by atoms with Gasteiger partial charge < -0.3 is 0 Å². The Morgan fingerprint density at radius 2 is 2.31 bits per heavy atom. The molecule has 2 nitrogen and oxygen atoms in total. The van der Waals surface area contributed by atoms with E-state index in [4.69, 9.17) is 5.84 Å². The predicted octanol–water partition coefficient (Wildman–Crippen LogP) is 3.35. The standard InChI is InChI=1S/C8H10Br2N2S/c1-4(2)7(12-11)6-3-5(9)8(10)13-6/h3,7,12H,1,11H2,2H3. The SMILES string of the molecule is C=C(C)C(NN)c1cc(Br)c(Br)s1. The number of halogens is 2. The van der Waals surface area contributed by atoms with Crippen LogP contribution in [0.25, 0.3) is 0 Å². The molecule has 5 heteroatoms. The van der Waals surface area contributed by atoms with E-state index in [0.29, 0.717) is 0 Å². The number of hydrazine groups is 1. The van der Waals surface area contributed by atoms with Crippen LogP contribution in [-0.4, -0.2) is 0 Å². The van der Waals surface area contributed by atoms with Crippen LogP contribution in [0.15, 0.2) is 26.5 Å². The normalized spacial score (nSPS) is 12.9. The van der Waals surface area contributed by atoms with Gasteiger partial charge in [-0.2, -0.15) is 0 Å². The minimum absolute atomic E-state index is 0.0348. The van der Waals surface area contributed by atoms with E-state index in [1.165, 1.54) is 0 Å². The molecule has 0 aromatic carbocycles. The summed E-state index contributed by atoms with van der Waals surface area (Å²) in [5.41, 5.74) is 3.73. The van der Waals surface area contributed by atoms with Crippen LogP contribution in [0.3, 0.4) is 0 Å². The van der Waals surface area contributed by atoms with Crippen molar-refractivity contribution in [2.45, 2.75) is 13.0 Å². The maximum Gasteiger partial charge on any atom is 0.0843 e. The van der Waals surface area contributed by atoms with E-state index >= 15 is 0 Å². The highest BCUT2D eigenvalue weighted by molar-refractivity contribution is 9.13. The average molecular weight is 326 g/mol. The summed E-state index contributed by atoms with van der Waals surface area (Å²) < 4.78 is 2.12. The summed E-state index contributed by atoms with van der Waals surface area (Å²) in [7, 11) is 0. The number of rotatable bonds is 3. The quantitative estimate of drug-likeness (QED) is 0.508. The zero-order valence-corrected chi connectivity index (χ0v) is 11.1. The molecular weight excluding hydrogens is 316 g/mol. The molecule has 0 aliphatic heterocycles. The Hall–Kier alpha value is 0.320. The first-order chi connectivity index (χ1) is 6.06. The van der Waals surface area contributed by atoms with Crippen LogP contribution in [0.1, 0.15) is 17.8 Å². The van der Waals surface area contributed by atoms with Crippen molar-refractivity contribution in [2.24, 2.45) is 5.84 Å². The molecule has 13 heavy (non-hydrogen) atoms. The Bertz CT molecular complexity index is 302. The van der Waals surface area contributed by atoms with Crippen molar-refractivity contribution in [1.82, 2.24) is 5.43 Å². The summed E-state index contributed by atoms with van der Waals surface area (Å²) in [5, 5.41) is 0. The molecule has 1 unspecified atom stereocenters. The summed E-state index contributed by atoms with van der Waals surface area (Å²) in [6.45, 7) is 5.83. The zero-order valence-electron chi connectivity index (χ0n) is 7.10. The second-order valence-electron chi connectivity index (χ2n) is 2.72. The number of hydrogen-bond acceptors (Lipinski definition) is 3. The molecule has 0 aliphatic rings. The molecule has 0 aliphatic carbocycles. The first-order valence-electron chi connectivity index (χ1n) is 3.62. The maximum absolute atomic E-state index is 5.43. The van der Waals surface area contributed by atoms with E-state index < -0.39 is 0 Å². The van der Waals surface area contributed by atoms with Gasteiger partial charge in [-0.05, 0) is 44.8 Å². The molecule has 0 saturated heterocycles. The van der Waals surface area contributed by atoms with E-state index in [0.717, 1.165) is 18.7 Å². The largest absolute Gasteiger partial charge is 0.271 e. The lowest BCUT2D eigenvalue weighted by Crippen LogP contribution is -2.27. The van der Waals surface area contributed by atoms with Crippen molar-refractivity contribution in [3.8, 4) is 0 Å². The van der Waals surface area contributed by atoms with Gasteiger partial charge in [0.1, 0.15) is 0 Å². The lowest BCUT2D eigenvalue weighted by Gasteiger charge is -2.13. The first kappa shape index (κ1) is 11.4. The van der Waals surface area contributed by atoms with Crippen molar-refractivity contribution in [2.75, 3.05) is 0 Å². The summed E-state index contributed by atoms with van der Waals surface area (Å²) in [6, 6.07) is 2.07. The fraction of sp³-hybridized carbons (Fsp3) is 0.250. The van der Waals surface area contributed by atoms with Gasteiger partial charge in [-0.1, -0.05) is 12.2 Å². The van der Waals surface area contributed by atoms with Crippen LogP contribution < -0.4 is 11.3 Å². The molecule has 0 radical (unpaired) electrons. The average Bonchev–Trinajstić information content (AvgIpc) is 2.32. The van der Waals surface area contributed by atoms with Crippen molar-refractivity contribution in [3.05, 3.63) is 31.4 Å². The minimum Gasteiger partial charge on any atom is -0.271 e. The highest BCUT2D eigenvalue weighted by atomic mass is 79.9. The fourth-order valence-electron chi connectivity index (χ4n) is 0.973. The third-order valence-electron chi connectivity index (χ3n) is 1.61. The second-order valence-corrected chi connectivity index (χ2v) is 5.97. The molecule has 0 amide bonds. The van der Waals surface area contributed by atoms with Crippen LogP contribution in [0.5, 0.6) is 0 Å². The van der Waals surface area contributed by atoms with Gasteiger partial charge in [0.25, 0.3) is 0 Å². The molecule has 1 aromatic heterocycles. The molecule has 1 atom stereocenters. The monoisotopic (exact) mass is 324 g/mol. The Balaban J connectivity index is 2.98. The molecule has 1 rings (SSSR count). The fourth-order valence-corrected chi connectivity index (χ4v) is 3.22. The summed E-state index contributed by atoms with van der Waals surface area (Å²) in [5.74, 6) is 5.43. The molecule has 1 aromatic rings. The minimum atomic E-state index is 0.0348. The van der Waals surface area contributed by atoms with E-state index in [1.54, 1.807) is 11.3 Å². The highest BCUT2D eigenvalue weighted by Gasteiger charge is 2.14. The molecular formula is C8H10Br2N2S. The van der Waals surface area contributed by atoms with Gasteiger partial charge in [0.15, 0.2) is 0 Å². The van der Waals surface area contributed by atoms with Crippen molar-refractivity contribution >= 4 is 43.2 Å². The van der Waals surface area contributed by atoms with Gasteiger partial charge in [0.05, 0.1) is 9.83 Å². The van der Waals surface area contributed by atoms with E-state index in [9.17, 15) is 0 Å². The first-order valence-corrected chi connectivity index (χ1v) is 6.02. The molecule has 0 fully saturated rings. The molecule has 0 bridgehead atoms. The Labute approximate surface area is 98.4 Å². The Morgan fingerprint density at radius 1 is 1.69 bits per heavy atom. The van der Waals surface area contributed by atoms with Gasteiger partial charge in [-0.25, -0.2) is 5.43 Å². The van der Waals surface area contributed by atoms with Gasteiger partial charge >= 0.3 is 0 Å². The zero-order chi connectivity index (χ0) is 10.0. The third kappa shape index (κ3) is 2.63. The molecule has 0 saturated carbocycles. The summed E-state index contributed by atoms with van der Waals surface area (Å²) in [6.07, 6.45) is 0. The number of thiophene rings is 1. The highest BCUT2D eigenvalue weighted by Crippen LogP contribution is 2.36. The number of hydrogen-bond donors (Lipinski definition) is 2. The lowest BCUT2D eigenvalue weighted by atomic mass is 10.1. The van der Waals surface area contributed by atoms with Gasteiger partial charge in [0.2, 0.25) is 0 Å². The van der Waals surface area contributed by atoms with E-state index in [2.05, 4.69) is 43.9 Å². The van der Waals surface area contributed by atoms with Crippen LogP contribution in [0, 0.1) is 0 Å². The molecule has 3 N–H and O–H groups in total. The van der Waals surface area contributed by atoms with Gasteiger partial charge in [0, 0.05) is 9.35 Å². The number of nitrogens with one attached hydrogen (secondary N) is 1. The van der Waals surface area contributed by atoms with Crippen LogP contribution in [0.2, 0.25) is 0 Å². The second kappa shape index (κ2) is 4.70. The molecule has 1 heterocycles. The predicted molar refractivity (Wildman–Crippen MR) is 64.6 cm³/mol. The van der Waals surface area contributed by atoms with E-state index in [-0.39, 0.29) is 6.04 Å². The van der Waals surface area contributed by atoms with Gasteiger partial charge in [-0.3, -0.25) is 5.84 Å². The Morgan fingerprint density at radius 3 is 2.62 bits per heavy atom. The lowest BCUT2D eigenvalue weighted by molar-refractivity contribution is 0.636. The summed E-state index contributed by atoms with van der Waals surface area (Å²) in [4.78, 5) is 1.15. The van der Waals surface area contributed by atoms with E-state index in [1.807, 2.05) is 13.0 Å². The van der Waals surface area contributed by atoms with Crippen LogP contribution in [0.4, 0.5) is 0 Å².